The molecule has 2 heterocycles. The van der Waals surface area contributed by atoms with Crippen molar-refractivity contribution < 1.29 is 29.3 Å². The van der Waals surface area contributed by atoms with E-state index in [2.05, 4.69) is 0 Å². The molecule has 17 heavy (non-hydrogen) atoms. The van der Waals surface area contributed by atoms with E-state index in [4.69, 9.17) is 9.47 Å². The molecule has 94 valence electrons. The zero-order valence-electron chi connectivity index (χ0n) is 9.17. The van der Waals surface area contributed by atoms with Crippen molar-refractivity contribution in [1.29, 1.82) is 0 Å². The van der Waals surface area contributed by atoms with Crippen molar-refractivity contribution in [2.75, 3.05) is 6.61 Å². The molecular formula is C11H14O6. The minimum Gasteiger partial charge on any atom is -0.481 e. The van der Waals surface area contributed by atoms with Gasteiger partial charge in [0.05, 0.1) is 36.3 Å². The third-order valence-electron chi connectivity index (χ3n) is 4.11. The lowest BCUT2D eigenvalue weighted by molar-refractivity contribution is -0.166. The number of hydrogen-bond acceptors (Lipinski definition) is 4. The van der Waals surface area contributed by atoms with Gasteiger partial charge in [0.2, 0.25) is 0 Å². The van der Waals surface area contributed by atoms with E-state index < -0.39 is 23.3 Å². The number of hydrogen-bond donors (Lipinski definition) is 2. The van der Waals surface area contributed by atoms with Gasteiger partial charge in [-0.05, 0) is 19.3 Å². The van der Waals surface area contributed by atoms with Crippen LogP contribution in [-0.4, -0.2) is 47.1 Å². The number of carbonyl (C=O) groups is 2. The first-order valence-electron chi connectivity index (χ1n) is 5.76. The van der Waals surface area contributed by atoms with Gasteiger partial charge in [0.15, 0.2) is 0 Å². The van der Waals surface area contributed by atoms with Crippen LogP contribution in [0.1, 0.15) is 19.3 Å². The standard InChI is InChI=1S/C11H14O6/c12-9(13)6-1-7-8(17-7)3-11(6,10(14)15)2-5-4-16-5/h5-8H,1-4H2,(H,12,13)(H,14,15). The Labute approximate surface area is 97.5 Å². The summed E-state index contributed by atoms with van der Waals surface area (Å²) in [6, 6.07) is 0. The first-order valence-corrected chi connectivity index (χ1v) is 5.76. The van der Waals surface area contributed by atoms with Crippen LogP contribution in [0.5, 0.6) is 0 Å². The molecule has 0 amide bonds. The highest BCUT2D eigenvalue weighted by Crippen LogP contribution is 2.53. The number of rotatable bonds is 4. The Bertz CT molecular complexity index is 372. The maximum atomic E-state index is 11.5. The number of carboxylic acid groups (broad SMARTS) is 2. The molecular weight excluding hydrogens is 228 g/mol. The van der Waals surface area contributed by atoms with Crippen molar-refractivity contribution in [1.82, 2.24) is 0 Å². The van der Waals surface area contributed by atoms with Crippen molar-refractivity contribution in [3.63, 3.8) is 0 Å². The summed E-state index contributed by atoms with van der Waals surface area (Å²) in [6.45, 7) is 0.538. The van der Waals surface area contributed by atoms with Gasteiger partial charge in [-0.15, -0.1) is 0 Å². The molecule has 6 nitrogen and oxygen atoms in total. The predicted molar refractivity (Wildman–Crippen MR) is 53.4 cm³/mol. The fourth-order valence-corrected chi connectivity index (χ4v) is 3.00. The maximum absolute atomic E-state index is 11.5. The minimum absolute atomic E-state index is 0.0521. The average Bonchev–Trinajstić information content (AvgIpc) is 3.10. The monoisotopic (exact) mass is 242 g/mol. The van der Waals surface area contributed by atoms with E-state index in [1.165, 1.54) is 0 Å². The molecule has 0 aromatic rings. The maximum Gasteiger partial charge on any atom is 0.310 e. The van der Waals surface area contributed by atoms with E-state index in [1.807, 2.05) is 0 Å². The first kappa shape index (κ1) is 11.0. The molecule has 3 rings (SSSR count). The number of carboxylic acids is 2. The second-order valence-electron chi connectivity index (χ2n) is 5.16. The second kappa shape index (κ2) is 3.43. The fourth-order valence-electron chi connectivity index (χ4n) is 3.00. The van der Waals surface area contributed by atoms with Crippen LogP contribution in [-0.2, 0) is 19.1 Å². The van der Waals surface area contributed by atoms with Crippen LogP contribution in [0.3, 0.4) is 0 Å². The zero-order chi connectivity index (χ0) is 12.2. The molecule has 2 aliphatic heterocycles. The Balaban J connectivity index is 1.90. The molecule has 0 spiro atoms. The van der Waals surface area contributed by atoms with E-state index in [0.717, 1.165) is 0 Å². The molecule has 3 aliphatic rings. The predicted octanol–water partition coefficient (Wildman–Crippen LogP) is 0.108. The number of aliphatic carboxylic acids is 2. The summed E-state index contributed by atoms with van der Waals surface area (Å²) in [5.41, 5.74) is -1.22. The highest BCUT2D eigenvalue weighted by molar-refractivity contribution is 5.84. The molecule has 0 aromatic heterocycles. The lowest BCUT2D eigenvalue weighted by Gasteiger charge is -2.36. The molecule has 2 saturated heterocycles. The van der Waals surface area contributed by atoms with Gasteiger partial charge in [0.1, 0.15) is 0 Å². The topological polar surface area (TPSA) is 99.7 Å². The Morgan fingerprint density at radius 2 is 2.00 bits per heavy atom. The molecule has 0 bridgehead atoms. The molecule has 0 aromatic carbocycles. The lowest BCUT2D eigenvalue weighted by atomic mass is 9.64. The third-order valence-corrected chi connectivity index (χ3v) is 4.11. The molecule has 5 unspecified atom stereocenters. The average molecular weight is 242 g/mol. The molecule has 1 saturated carbocycles. The molecule has 5 atom stereocenters. The van der Waals surface area contributed by atoms with Crippen LogP contribution in [0, 0.1) is 11.3 Å². The molecule has 0 radical (unpaired) electrons. The van der Waals surface area contributed by atoms with Crippen LogP contribution >= 0.6 is 0 Å². The summed E-state index contributed by atoms with van der Waals surface area (Å²) in [7, 11) is 0. The van der Waals surface area contributed by atoms with Gasteiger partial charge < -0.3 is 19.7 Å². The van der Waals surface area contributed by atoms with Crippen LogP contribution < -0.4 is 0 Å². The van der Waals surface area contributed by atoms with E-state index in [1.54, 1.807) is 0 Å². The Morgan fingerprint density at radius 1 is 1.29 bits per heavy atom. The number of fused-ring (bicyclic) bond motifs is 1. The summed E-state index contributed by atoms with van der Waals surface area (Å²) >= 11 is 0. The second-order valence-corrected chi connectivity index (χ2v) is 5.16. The largest absolute Gasteiger partial charge is 0.481 e. The summed E-state index contributed by atoms with van der Waals surface area (Å²) < 4.78 is 10.4. The smallest absolute Gasteiger partial charge is 0.310 e. The van der Waals surface area contributed by atoms with Crippen molar-refractivity contribution in [3.05, 3.63) is 0 Å². The number of ether oxygens (including phenoxy) is 2. The van der Waals surface area contributed by atoms with Gasteiger partial charge in [-0.3, -0.25) is 9.59 Å². The SMILES string of the molecule is O=C(O)C1CC2OC2CC1(CC1CO1)C(=O)O. The van der Waals surface area contributed by atoms with Gasteiger partial charge in [-0.1, -0.05) is 0 Å². The van der Waals surface area contributed by atoms with Crippen molar-refractivity contribution in [2.24, 2.45) is 11.3 Å². The molecule has 6 heteroatoms. The molecule has 2 N–H and O–H groups in total. The van der Waals surface area contributed by atoms with Gasteiger partial charge in [0, 0.05) is 0 Å². The quantitative estimate of drug-likeness (QED) is 0.678. The fraction of sp³-hybridized carbons (Fsp3) is 0.818. The van der Waals surface area contributed by atoms with Gasteiger partial charge in [0.25, 0.3) is 0 Å². The summed E-state index contributed by atoms with van der Waals surface area (Å²) in [4.78, 5) is 22.8. The van der Waals surface area contributed by atoms with Gasteiger partial charge in [-0.25, -0.2) is 0 Å². The summed E-state index contributed by atoms with van der Waals surface area (Å²) in [6.07, 6.45) is 0.668. The zero-order valence-corrected chi connectivity index (χ0v) is 9.17. The lowest BCUT2D eigenvalue weighted by Crippen LogP contribution is -2.48. The van der Waals surface area contributed by atoms with Gasteiger partial charge in [-0.2, -0.15) is 0 Å². The highest BCUT2D eigenvalue weighted by Gasteiger charge is 2.62. The molecule has 1 aliphatic carbocycles. The normalized spacial score (nSPS) is 47.1. The van der Waals surface area contributed by atoms with E-state index in [0.29, 0.717) is 19.4 Å². The number of epoxide rings is 2. The van der Waals surface area contributed by atoms with Crippen molar-refractivity contribution in [2.45, 2.75) is 37.6 Å². The van der Waals surface area contributed by atoms with Gasteiger partial charge >= 0.3 is 11.9 Å². The molecule has 3 fully saturated rings. The van der Waals surface area contributed by atoms with Crippen molar-refractivity contribution in [3.8, 4) is 0 Å². The van der Waals surface area contributed by atoms with Crippen LogP contribution in [0.4, 0.5) is 0 Å². The Morgan fingerprint density at radius 3 is 2.53 bits per heavy atom. The van der Waals surface area contributed by atoms with E-state index in [9.17, 15) is 19.8 Å². The third kappa shape index (κ3) is 1.71. The summed E-state index contributed by atoms with van der Waals surface area (Å²) in [5.74, 6) is -2.94. The minimum atomic E-state index is -1.22. The van der Waals surface area contributed by atoms with E-state index >= 15 is 0 Å². The van der Waals surface area contributed by atoms with Crippen molar-refractivity contribution >= 4 is 11.9 Å². The Hall–Kier alpha value is -1.14. The first-order chi connectivity index (χ1) is 8.03. The van der Waals surface area contributed by atoms with Crippen LogP contribution in [0.2, 0.25) is 0 Å². The van der Waals surface area contributed by atoms with Crippen LogP contribution in [0.15, 0.2) is 0 Å². The Kier molecular flexibility index (Phi) is 2.21. The highest BCUT2D eigenvalue weighted by atomic mass is 16.6. The van der Waals surface area contributed by atoms with E-state index in [-0.39, 0.29) is 24.7 Å². The van der Waals surface area contributed by atoms with Crippen LogP contribution in [0.25, 0.3) is 0 Å². The summed E-state index contributed by atoms with van der Waals surface area (Å²) in [5, 5.41) is 18.7.